The largest absolute Gasteiger partial charge is 0.247 e. The Hall–Kier alpha value is -2.45. The van der Waals surface area contributed by atoms with Crippen LogP contribution in [0.3, 0.4) is 0 Å². The Morgan fingerprint density at radius 3 is 2.60 bits per heavy atom. The van der Waals surface area contributed by atoms with E-state index in [0.29, 0.717) is 16.3 Å². The van der Waals surface area contributed by atoms with Crippen LogP contribution in [0.2, 0.25) is 5.02 Å². The fourth-order valence-corrected chi connectivity index (χ4v) is 4.32. The van der Waals surface area contributed by atoms with Crippen LogP contribution in [-0.4, -0.2) is 4.98 Å². The van der Waals surface area contributed by atoms with Crippen molar-refractivity contribution in [2.75, 3.05) is 0 Å². The number of nitrogens with zero attached hydrogens (tertiary/aromatic N) is 1. The van der Waals surface area contributed by atoms with Crippen LogP contribution >= 0.6 is 11.6 Å². The van der Waals surface area contributed by atoms with Crippen LogP contribution in [0, 0.1) is 5.82 Å². The van der Waals surface area contributed by atoms with E-state index in [1.165, 1.54) is 27.8 Å². The molecular formula is C22H15ClFN. The summed E-state index contributed by atoms with van der Waals surface area (Å²) in [4.78, 5) is 4.86. The number of fused-ring (bicyclic) bond motifs is 5. The minimum atomic E-state index is -0.311. The lowest BCUT2D eigenvalue weighted by Gasteiger charge is -2.15. The molecule has 1 aliphatic rings. The van der Waals surface area contributed by atoms with Crippen molar-refractivity contribution < 1.29 is 4.39 Å². The topological polar surface area (TPSA) is 12.9 Å². The van der Waals surface area contributed by atoms with Gasteiger partial charge < -0.3 is 0 Å². The lowest BCUT2D eigenvalue weighted by atomic mass is 9.95. The molecule has 122 valence electrons. The second-order valence-corrected chi connectivity index (χ2v) is 6.96. The molecule has 0 aliphatic heterocycles. The molecule has 0 N–H and O–H groups in total. The maximum Gasteiger partial charge on any atom is 0.134 e. The molecule has 0 atom stereocenters. The van der Waals surface area contributed by atoms with E-state index in [-0.39, 0.29) is 5.82 Å². The van der Waals surface area contributed by atoms with E-state index in [0.717, 1.165) is 30.3 Å². The van der Waals surface area contributed by atoms with Gasteiger partial charge in [0.15, 0.2) is 0 Å². The molecule has 1 aliphatic carbocycles. The first kappa shape index (κ1) is 14.9. The number of hydrogen-bond donors (Lipinski definition) is 0. The van der Waals surface area contributed by atoms with Gasteiger partial charge in [-0.05, 0) is 59.4 Å². The van der Waals surface area contributed by atoms with Crippen LogP contribution in [0.1, 0.15) is 17.5 Å². The summed E-state index contributed by atoms with van der Waals surface area (Å²) in [6.07, 6.45) is 2.99. The Morgan fingerprint density at radius 2 is 1.72 bits per heavy atom. The van der Waals surface area contributed by atoms with Crippen molar-refractivity contribution in [1.29, 1.82) is 0 Å². The van der Waals surface area contributed by atoms with Crippen LogP contribution in [0.25, 0.3) is 32.9 Å². The van der Waals surface area contributed by atoms with Crippen molar-refractivity contribution in [1.82, 2.24) is 4.98 Å². The van der Waals surface area contributed by atoms with Crippen molar-refractivity contribution >= 4 is 33.3 Å². The van der Waals surface area contributed by atoms with Crippen molar-refractivity contribution in [3.8, 4) is 11.3 Å². The first-order chi connectivity index (χ1) is 12.2. The zero-order valence-corrected chi connectivity index (χ0v) is 14.3. The molecule has 0 saturated carbocycles. The molecule has 0 saturated heterocycles. The average molecular weight is 348 g/mol. The Labute approximate surface area is 150 Å². The van der Waals surface area contributed by atoms with Crippen molar-refractivity contribution in [3.63, 3.8) is 0 Å². The molecule has 4 aromatic rings. The highest BCUT2D eigenvalue weighted by Gasteiger charge is 2.24. The van der Waals surface area contributed by atoms with Gasteiger partial charge >= 0.3 is 0 Å². The zero-order valence-electron chi connectivity index (χ0n) is 13.5. The highest BCUT2D eigenvalue weighted by Crippen LogP contribution is 2.41. The monoisotopic (exact) mass is 347 g/mol. The van der Waals surface area contributed by atoms with Gasteiger partial charge in [-0.1, -0.05) is 48.0 Å². The van der Waals surface area contributed by atoms with Gasteiger partial charge in [-0.3, -0.25) is 0 Å². The van der Waals surface area contributed by atoms with Crippen LogP contribution in [0.4, 0.5) is 4.39 Å². The summed E-state index contributed by atoms with van der Waals surface area (Å²) >= 11 is 6.33. The molecule has 3 aromatic carbocycles. The number of halogens is 2. The van der Waals surface area contributed by atoms with E-state index in [1.54, 1.807) is 12.1 Å². The summed E-state index contributed by atoms with van der Waals surface area (Å²) in [7, 11) is 0. The van der Waals surface area contributed by atoms with Gasteiger partial charge in [0.1, 0.15) is 5.82 Å². The number of aryl methyl sites for hydroxylation is 1. The van der Waals surface area contributed by atoms with Crippen molar-refractivity contribution in [2.45, 2.75) is 19.3 Å². The summed E-state index contributed by atoms with van der Waals surface area (Å²) in [5.74, 6) is -0.311. The van der Waals surface area contributed by atoms with E-state index in [1.807, 2.05) is 6.07 Å². The van der Waals surface area contributed by atoms with Gasteiger partial charge in [0.05, 0.1) is 21.8 Å². The zero-order chi connectivity index (χ0) is 17.0. The van der Waals surface area contributed by atoms with Gasteiger partial charge in [-0.2, -0.15) is 0 Å². The number of benzene rings is 3. The van der Waals surface area contributed by atoms with E-state index < -0.39 is 0 Å². The third-order valence-corrected chi connectivity index (χ3v) is 5.46. The second-order valence-electron chi connectivity index (χ2n) is 6.55. The molecule has 0 radical (unpaired) electrons. The van der Waals surface area contributed by atoms with Crippen LogP contribution in [-0.2, 0) is 12.8 Å². The molecular weight excluding hydrogens is 333 g/mol. The average Bonchev–Trinajstić information content (AvgIpc) is 3.11. The molecule has 0 unspecified atom stereocenters. The maximum atomic E-state index is 14.5. The first-order valence-corrected chi connectivity index (χ1v) is 8.89. The predicted octanol–water partition coefficient (Wildman–Crippen LogP) is 6.34. The third-order valence-electron chi connectivity index (χ3n) is 5.14. The summed E-state index contributed by atoms with van der Waals surface area (Å²) in [5.41, 5.74) is 4.50. The number of hydrogen-bond acceptors (Lipinski definition) is 1. The molecule has 1 heterocycles. The molecule has 0 spiro atoms. The SMILES string of the molecule is Fc1cccc(Cl)c1-c1nc2ccc3ccccc3c2c2c1CCC2. The number of rotatable bonds is 1. The molecule has 3 heteroatoms. The van der Waals surface area contributed by atoms with Gasteiger partial charge in [-0.25, -0.2) is 9.37 Å². The summed E-state index contributed by atoms with van der Waals surface area (Å²) < 4.78 is 14.5. The first-order valence-electron chi connectivity index (χ1n) is 8.51. The highest BCUT2D eigenvalue weighted by molar-refractivity contribution is 6.33. The number of aromatic nitrogens is 1. The van der Waals surface area contributed by atoms with E-state index in [2.05, 4.69) is 30.3 Å². The molecule has 25 heavy (non-hydrogen) atoms. The minimum Gasteiger partial charge on any atom is -0.247 e. The third kappa shape index (κ3) is 2.17. The fraction of sp³-hybridized carbons (Fsp3) is 0.136. The molecule has 0 bridgehead atoms. The van der Waals surface area contributed by atoms with Gasteiger partial charge in [0, 0.05) is 5.39 Å². The van der Waals surface area contributed by atoms with Crippen molar-refractivity contribution in [3.05, 3.63) is 76.6 Å². The fourth-order valence-electron chi connectivity index (χ4n) is 4.07. The lowest BCUT2D eigenvalue weighted by molar-refractivity contribution is 0.630. The summed E-state index contributed by atoms with van der Waals surface area (Å²) in [6, 6.07) is 17.3. The summed E-state index contributed by atoms with van der Waals surface area (Å²) in [5, 5.41) is 4.06. The quantitative estimate of drug-likeness (QED) is 0.366. The second kappa shape index (κ2) is 5.53. The standard InChI is InChI=1S/C22H15ClFN/c23-17-9-4-10-18(24)21(17)22-16-8-3-7-15(16)20-14-6-2-1-5-13(14)11-12-19(20)25-22/h1-2,4-6,9-12H,3,7-8H2. The molecule has 1 aromatic heterocycles. The highest BCUT2D eigenvalue weighted by atomic mass is 35.5. The van der Waals surface area contributed by atoms with E-state index in [4.69, 9.17) is 16.6 Å². The van der Waals surface area contributed by atoms with Gasteiger partial charge in [-0.15, -0.1) is 0 Å². The number of pyridine rings is 1. The molecule has 1 nitrogen and oxygen atoms in total. The van der Waals surface area contributed by atoms with E-state index in [9.17, 15) is 4.39 Å². The molecule has 0 fully saturated rings. The van der Waals surface area contributed by atoms with Crippen LogP contribution in [0.15, 0.2) is 54.6 Å². The molecule has 0 amide bonds. The predicted molar refractivity (Wildman–Crippen MR) is 102 cm³/mol. The Morgan fingerprint density at radius 1 is 0.880 bits per heavy atom. The maximum absolute atomic E-state index is 14.5. The van der Waals surface area contributed by atoms with Gasteiger partial charge in [0.25, 0.3) is 0 Å². The normalized spacial score (nSPS) is 13.5. The Balaban J connectivity index is 1.94. The van der Waals surface area contributed by atoms with Crippen LogP contribution in [0.5, 0.6) is 0 Å². The smallest absolute Gasteiger partial charge is 0.134 e. The van der Waals surface area contributed by atoms with Gasteiger partial charge in [0.2, 0.25) is 0 Å². The molecule has 5 rings (SSSR count). The Kier molecular flexibility index (Phi) is 3.29. The lowest BCUT2D eigenvalue weighted by Crippen LogP contribution is -1.98. The van der Waals surface area contributed by atoms with Crippen molar-refractivity contribution in [2.24, 2.45) is 0 Å². The summed E-state index contributed by atoms with van der Waals surface area (Å²) in [6.45, 7) is 0. The van der Waals surface area contributed by atoms with E-state index >= 15 is 0 Å². The Bertz CT molecular complexity index is 1130. The minimum absolute atomic E-state index is 0.311. The van der Waals surface area contributed by atoms with Crippen LogP contribution < -0.4 is 0 Å².